The summed E-state index contributed by atoms with van der Waals surface area (Å²) >= 11 is 0. The van der Waals surface area contributed by atoms with Gasteiger partial charge in [-0.25, -0.2) is 9.07 Å². The molecule has 1 aromatic heterocycles. The summed E-state index contributed by atoms with van der Waals surface area (Å²) in [7, 11) is 1.89. The smallest absolute Gasteiger partial charge is 0.256 e. The molecular weight excluding hydrogens is 343 g/mol. The Hall–Kier alpha value is -2.76. The van der Waals surface area contributed by atoms with Crippen molar-refractivity contribution in [1.82, 2.24) is 9.78 Å². The molecule has 5 rings (SSSR count). The molecule has 0 amide bonds. The van der Waals surface area contributed by atoms with Crippen molar-refractivity contribution in [2.24, 2.45) is 7.05 Å². The van der Waals surface area contributed by atoms with Gasteiger partial charge in [-0.2, -0.15) is 0 Å². The molecule has 6 heteroatoms. The summed E-state index contributed by atoms with van der Waals surface area (Å²) in [5, 5.41) is 4.56. The van der Waals surface area contributed by atoms with Crippen LogP contribution in [0.1, 0.15) is 35.4 Å². The summed E-state index contributed by atoms with van der Waals surface area (Å²) in [4.78, 5) is 15.1. The molecule has 0 spiro atoms. The molecule has 1 saturated heterocycles. The zero-order valence-corrected chi connectivity index (χ0v) is 15.4. The van der Waals surface area contributed by atoms with Gasteiger partial charge in [0.25, 0.3) is 0 Å². The van der Waals surface area contributed by atoms with Gasteiger partial charge in [0.1, 0.15) is 11.3 Å². The Kier molecular flexibility index (Phi) is 3.74. The Morgan fingerprint density at radius 1 is 1.19 bits per heavy atom. The lowest BCUT2D eigenvalue weighted by Gasteiger charge is -2.12. The molecule has 27 heavy (non-hydrogen) atoms. The van der Waals surface area contributed by atoms with Gasteiger partial charge in [-0.05, 0) is 60.6 Å². The van der Waals surface area contributed by atoms with Crippen molar-refractivity contribution < 1.29 is 8.82 Å². The Labute approximate surface area is 156 Å². The average molecular weight is 365 g/mol. The first-order valence-electron chi connectivity index (χ1n) is 9.56. The van der Waals surface area contributed by atoms with E-state index < -0.39 is 0 Å². The van der Waals surface area contributed by atoms with Gasteiger partial charge < -0.3 is 0 Å². The summed E-state index contributed by atoms with van der Waals surface area (Å²) < 4.78 is 16.9. The van der Waals surface area contributed by atoms with Gasteiger partial charge in [0, 0.05) is 22.5 Å². The third-order valence-corrected chi connectivity index (χ3v) is 5.99. The zero-order chi connectivity index (χ0) is 18.5. The number of aromatic nitrogens is 3. The first kappa shape index (κ1) is 16.4. The van der Waals surface area contributed by atoms with Crippen molar-refractivity contribution in [3.05, 3.63) is 63.8 Å². The maximum absolute atomic E-state index is 14.1. The fraction of sp³-hybridized carbons (Fsp3) is 0.381. The van der Waals surface area contributed by atoms with Crippen LogP contribution in [0.4, 0.5) is 10.3 Å². The minimum atomic E-state index is -0.174. The second-order valence-electron chi connectivity index (χ2n) is 7.63. The maximum atomic E-state index is 14.1. The van der Waals surface area contributed by atoms with E-state index in [9.17, 15) is 9.30 Å². The van der Waals surface area contributed by atoms with Crippen LogP contribution >= 0.6 is 0 Å². The minimum absolute atomic E-state index is 0.0778. The summed E-state index contributed by atoms with van der Waals surface area (Å²) in [6.07, 6.45) is 4.06. The number of rotatable bonds is 2. The molecule has 1 unspecified atom stereocenters. The molecule has 2 heterocycles. The Bertz CT molecular complexity index is 1110. The van der Waals surface area contributed by atoms with Crippen molar-refractivity contribution >= 4 is 17.0 Å². The van der Waals surface area contributed by atoms with Crippen LogP contribution in [0.3, 0.4) is 0 Å². The van der Waals surface area contributed by atoms with Crippen LogP contribution in [0, 0.1) is 10.7 Å². The Balaban J connectivity index is 1.54. The van der Waals surface area contributed by atoms with Crippen LogP contribution in [0.15, 0.2) is 36.4 Å². The first-order valence-corrected chi connectivity index (χ1v) is 9.56. The zero-order valence-electron chi connectivity index (χ0n) is 15.4. The largest absolute Gasteiger partial charge is 0.456 e. The van der Waals surface area contributed by atoms with E-state index in [4.69, 9.17) is 0 Å². The predicted molar refractivity (Wildman–Crippen MR) is 102 cm³/mol. The van der Waals surface area contributed by atoms with Crippen LogP contribution in [0.2, 0.25) is 0 Å². The summed E-state index contributed by atoms with van der Waals surface area (Å²) in [5.41, 5.74) is 4.85. The van der Waals surface area contributed by atoms with Gasteiger partial charge in [0.05, 0.1) is 13.1 Å². The number of hydrogen-bond donors (Lipinski definition) is 0. The van der Waals surface area contributed by atoms with Gasteiger partial charge in [-0.15, -0.1) is 0 Å². The summed E-state index contributed by atoms with van der Waals surface area (Å²) in [5.74, 6) is 0.308. The highest BCUT2D eigenvalue weighted by atomic mass is 19.1. The lowest BCUT2D eigenvalue weighted by Crippen LogP contribution is -2.34. The molecule has 2 aliphatic rings. The number of hydrogen-bond acceptors (Lipinski definition) is 3. The molecule has 5 nitrogen and oxygen atoms in total. The molecule has 1 aliphatic heterocycles. The van der Waals surface area contributed by atoms with Crippen LogP contribution in [-0.2, 0) is 19.9 Å². The van der Waals surface area contributed by atoms with Crippen molar-refractivity contribution in [3.63, 3.8) is 0 Å². The molecule has 0 saturated carbocycles. The number of nitrogens with zero attached hydrogens (tertiary/aromatic N) is 4. The molecule has 1 atom stereocenters. The Morgan fingerprint density at radius 2 is 1.96 bits per heavy atom. The topological polar surface area (TPSA) is 44.0 Å². The fourth-order valence-corrected chi connectivity index (χ4v) is 4.55. The summed E-state index contributed by atoms with van der Waals surface area (Å²) in [6.45, 7) is 1.30. The number of anilines is 1. The number of halogens is 1. The second kappa shape index (κ2) is 6.15. The number of fused-ring (bicyclic) bond motifs is 2. The highest BCUT2D eigenvalue weighted by molar-refractivity contribution is 5.74. The molecule has 3 aromatic rings. The van der Waals surface area contributed by atoms with E-state index in [0.717, 1.165) is 41.2 Å². The van der Waals surface area contributed by atoms with E-state index in [1.54, 1.807) is 10.7 Å². The van der Waals surface area contributed by atoms with E-state index in [-0.39, 0.29) is 11.7 Å². The van der Waals surface area contributed by atoms with Gasteiger partial charge in [0.2, 0.25) is 0 Å². The van der Waals surface area contributed by atoms with E-state index in [2.05, 4.69) is 11.2 Å². The SMILES string of the molecule is Cn1nc(N2CCC(c3ccccc3F)C2)[n+](=O)c2cc3c(cc21)CCC3. The van der Waals surface area contributed by atoms with Crippen LogP contribution in [0.5, 0.6) is 0 Å². The molecule has 138 valence electrons. The average Bonchev–Trinajstić information content (AvgIpc) is 3.33. The van der Waals surface area contributed by atoms with Crippen molar-refractivity contribution in [3.8, 4) is 0 Å². The van der Waals surface area contributed by atoms with E-state index >= 15 is 0 Å². The molecule has 2 aromatic carbocycles. The fourth-order valence-electron chi connectivity index (χ4n) is 4.55. The maximum Gasteiger partial charge on any atom is 0.456 e. The van der Waals surface area contributed by atoms with Gasteiger partial charge in [0.15, 0.2) is 5.52 Å². The third kappa shape index (κ3) is 2.62. The highest BCUT2D eigenvalue weighted by Crippen LogP contribution is 2.31. The minimum Gasteiger partial charge on any atom is -0.256 e. The van der Waals surface area contributed by atoms with Gasteiger partial charge in [-0.1, -0.05) is 23.1 Å². The second-order valence-corrected chi connectivity index (χ2v) is 7.63. The van der Waals surface area contributed by atoms with Crippen LogP contribution < -0.4 is 9.33 Å². The van der Waals surface area contributed by atoms with Crippen molar-refractivity contribution in [1.29, 1.82) is 0 Å². The standard InChI is InChI=1S/C21H22FN4O/c1-24-19-11-14-5-4-6-15(14)12-20(19)26(27)21(23-24)25-10-9-16(13-25)17-7-2-3-8-18(17)22/h2-3,7-8,11-12,16H,4-6,9-10,13H2,1H3/q+1. The molecular formula is C21H22FN4O+. The van der Waals surface area contributed by atoms with Crippen molar-refractivity contribution in [2.75, 3.05) is 18.0 Å². The first-order chi connectivity index (χ1) is 13.1. The normalized spacial score (nSPS) is 19.0. The molecule has 0 N–H and O–H groups in total. The molecule has 0 radical (unpaired) electrons. The molecule has 1 aliphatic carbocycles. The quantitative estimate of drug-likeness (QED) is 0.656. The van der Waals surface area contributed by atoms with Gasteiger partial charge >= 0.3 is 5.95 Å². The van der Waals surface area contributed by atoms with E-state index in [0.29, 0.717) is 24.6 Å². The predicted octanol–water partition coefficient (Wildman–Crippen LogP) is 3.11. The van der Waals surface area contributed by atoms with E-state index in [1.807, 2.05) is 30.1 Å². The van der Waals surface area contributed by atoms with Crippen molar-refractivity contribution in [2.45, 2.75) is 31.6 Å². The monoisotopic (exact) mass is 365 g/mol. The number of benzene rings is 2. The number of aryl methyl sites for hydroxylation is 3. The van der Waals surface area contributed by atoms with Gasteiger partial charge in [-0.3, -0.25) is 4.90 Å². The molecule has 1 fully saturated rings. The summed E-state index contributed by atoms with van der Waals surface area (Å²) in [6, 6.07) is 11.0. The van der Waals surface area contributed by atoms with E-state index in [1.165, 1.54) is 17.2 Å². The van der Waals surface area contributed by atoms with Crippen LogP contribution in [-0.4, -0.2) is 22.9 Å². The van der Waals surface area contributed by atoms with Crippen LogP contribution in [0.25, 0.3) is 11.0 Å². The molecule has 0 bridgehead atoms. The third-order valence-electron chi connectivity index (χ3n) is 5.99. The highest BCUT2D eigenvalue weighted by Gasteiger charge is 2.35. The lowest BCUT2D eigenvalue weighted by atomic mass is 9.98. The Morgan fingerprint density at radius 3 is 2.78 bits per heavy atom. The lowest BCUT2D eigenvalue weighted by molar-refractivity contribution is -0.454.